The third kappa shape index (κ3) is 12.9. The van der Waals surface area contributed by atoms with Crippen molar-refractivity contribution in [1.29, 1.82) is 0 Å². The summed E-state index contributed by atoms with van der Waals surface area (Å²) in [5.74, 6) is 0. The number of nitrogens with one attached hydrogen (secondary N) is 4. The van der Waals surface area contributed by atoms with Crippen LogP contribution in [0, 0.1) is 0 Å². The van der Waals surface area contributed by atoms with E-state index < -0.39 is 0 Å². The predicted octanol–water partition coefficient (Wildman–Crippen LogP) is 9.39. The van der Waals surface area contributed by atoms with E-state index in [4.69, 9.17) is 24.4 Å². The molecule has 0 bridgehead atoms. The summed E-state index contributed by atoms with van der Waals surface area (Å²) in [5.41, 5.74) is 4.84. The van der Waals surface area contributed by atoms with Crippen LogP contribution in [0.3, 0.4) is 0 Å². The lowest BCUT2D eigenvalue weighted by Crippen LogP contribution is -2.38. The van der Waals surface area contributed by atoms with E-state index in [9.17, 15) is 0 Å². The van der Waals surface area contributed by atoms with Crippen molar-refractivity contribution in [3.63, 3.8) is 0 Å². The van der Waals surface area contributed by atoms with Crippen LogP contribution in [-0.2, 0) is 0 Å². The number of rotatable bonds is 19. The summed E-state index contributed by atoms with van der Waals surface area (Å²) < 4.78 is 0. The Morgan fingerprint density at radius 3 is 0.870 bits per heavy atom. The SMILES string of the molecule is S=C(NCCCCCCCCCCCCNC(=S)NC(c1ccccc1)c1ccccc1)NC(c1ccccc1)c1ccccc1. The van der Waals surface area contributed by atoms with Crippen LogP contribution in [0.4, 0.5) is 0 Å². The summed E-state index contributed by atoms with van der Waals surface area (Å²) in [5, 5.41) is 15.3. The Morgan fingerprint density at radius 2 is 0.609 bits per heavy atom. The van der Waals surface area contributed by atoms with Gasteiger partial charge in [0.15, 0.2) is 10.2 Å². The van der Waals surface area contributed by atoms with E-state index in [1.165, 1.54) is 73.6 Å². The molecule has 0 saturated carbocycles. The molecule has 0 unspecified atom stereocenters. The molecule has 242 valence electrons. The number of hydrogen-bond acceptors (Lipinski definition) is 2. The van der Waals surface area contributed by atoms with Crippen molar-refractivity contribution in [2.24, 2.45) is 0 Å². The highest BCUT2D eigenvalue weighted by atomic mass is 32.1. The summed E-state index contributed by atoms with van der Waals surface area (Å²) in [6, 6.07) is 42.1. The van der Waals surface area contributed by atoms with Gasteiger partial charge in [-0.2, -0.15) is 0 Å². The molecule has 0 fully saturated rings. The second kappa shape index (κ2) is 21.1. The van der Waals surface area contributed by atoms with Gasteiger partial charge in [-0.15, -0.1) is 0 Å². The molecular formula is C40H50N4S2. The van der Waals surface area contributed by atoms with Gasteiger partial charge in [0.1, 0.15) is 0 Å². The molecule has 4 nitrogen and oxygen atoms in total. The van der Waals surface area contributed by atoms with Gasteiger partial charge in [0.05, 0.1) is 12.1 Å². The zero-order valence-electron chi connectivity index (χ0n) is 27.0. The molecule has 0 atom stereocenters. The van der Waals surface area contributed by atoms with Gasteiger partial charge in [-0.1, -0.05) is 173 Å². The molecule has 0 heterocycles. The van der Waals surface area contributed by atoms with Crippen molar-refractivity contribution in [2.75, 3.05) is 13.1 Å². The third-order valence-corrected chi connectivity index (χ3v) is 8.78. The predicted molar refractivity (Wildman–Crippen MR) is 203 cm³/mol. The summed E-state index contributed by atoms with van der Waals surface area (Å²) in [6.45, 7) is 1.82. The average Bonchev–Trinajstić information content (AvgIpc) is 3.11. The largest absolute Gasteiger partial charge is 0.363 e. The minimum Gasteiger partial charge on any atom is -0.363 e. The highest BCUT2D eigenvalue weighted by molar-refractivity contribution is 7.80. The Bertz CT molecular complexity index is 1200. The van der Waals surface area contributed by atoms with Gasteiger partial charge in [0, 0.05) is 13.1 Å². The molecule has 4 rings (SSSR count). The Kier molecular flexibility index (Phi) is 16.1. The number of unbranched alkanes of at least 4 members (excludes halogenated alkanes) is 9. The summed E-state index contributed by atoms with van der Waals surface area (Å²) in [6.07, 6.45) is 12.6. The average molecular weight is 651 g/mol. The lowest BCUT2D eigenvalue weighted by molar-refractivity contribution is 0.548. The normalized spacial score (nSPS) is 10.9. The van der Waals surface area contributed by atoms with Gasteiger partial charge in [-0.25, -0.2) is 0 Å². The van der Waals surface area contributed by atoms with E-state index in [0.29, 0.717) is 0 Å². The van der Waals surface area contributed by atoms with E-state index in [1.54, 1.807) is 0 Å². The molecule has 4 aromatic rings. The molecule has 0 amide bonds. The molecule has 0 aliphatic rings. The zero-order valence-corrected chi connectivity index (χ0v) is 28.6. The van der Waals surface area contributed by atoms with Gasteiger partial charge >= 0.3 is 0 Å². The first-order valence-corrected chi connectivity index (χ1v) is 17.8. The molecule has 0 aliphatic heterocycles. The number of thiocarbonyl (C=S) groups is 2. The van der Waals surface area contributed by atoms with E-state index >= 15 is 0 Å². The quantitative estimate of drug-likeness (QED) is 0.0599. The van der Waals surface area contributed by atoms with Gasteiger partial charge < -0.3 is 21.3 Å². The van der Waals surface area contributed by atoms with Crippen LogP contribution in [0.15, 0.2) is 121 Å². The Hall–Kier alpha value is -3.74. The topological polar surface area (TPSA) is 48.1 Å². The fourth-order valence-electron chi connectivity index (χ4n) is 5.73. The van der Waals surface area contributed by atoms with Crippen LogP contribution in [0.5, 0.6) is 0 Å². The molecule has 6 heteroatoms. The van der Waals surface area contributed by atoms with E-state index in [1.807, 2.05) is 24.3 Å². The van der Waals surface area contributed by atoms with E-state index in [0.717, 1.165) is 36.2 Å². The molecule has 4 N–H and O–H groups in total. The highest BCUT2D eigenvalue weighted by Crippen LogP contribution is 2.23. The first-order chi connectivity index (χ1) is 22.7. The summed E-state index contributed by atoms with van der Waals surface area (Å²) >= 11 is 11.3. The fraction of sp³-hybridized carbons (Fsp3) is 0.350. The van der Waals surface area contributed by atoms with Crippen LogP contribution in [-0.4, -0.2) is 23.3 Å². The second-order valence-corrected chi connectivity index (χ2v) is 12.7. The first-order valence-electron chi connectivity index (χ1n) is 17.0. The molecule has 4 aromatic carbocycles. The maximum Gasteiger partial charge on any atom is 0.167 e. The summed E-state index contributed by atoms with van der Waals surface area (Å²) in [4.78, 5) is 0. The molecule has 46 heavy (non-hydrogen) atoms. The molecule has 0 radical (unpaired) electrons. The third-order valence-electron chi connectivity index (χ3n) is 8.26. The van der Waals surface area contributed by atoms with E-state index in [2.05, 4.69) is 118 Å². The zero-order chi connectivity index (χ0) is 32.1. The maximum absolute atomic E-state index is 5.65. The van der Waals surface area contributed by atoms with Crippen molar-refractivity contribution in [1.82, 2.24) is 21.3 Å². The Labute approximate surface area is 287 Å². The lowest BCUT2D eigenvalue weighted by Gasteiger charge is -2.22. The molecule has 0 aromatic heterocycles. The first kappa shape index (κ1) is 35.1. The van der Waals surface area contributed by atoms with Crippen LogP contribution >= 0.6 is 24.4 Å². The van der Waals surface area contributed by atoms with Gasteiger partial charge in [-0.3, -0.25) is 0 Å². The van der Waals surface area contributed by atoms with Crippen molar-refractivity contribution in [3.05, 3.63) is 144 Å². The minimum atomic E-state index is 0.0470. The fourth-order valence-corrected chi connectivity index (χ4v) is 6.17. The summed E-state index contributed by atoms with van der Waals surface area (Å²) in [7, 11) is 0. The van der Waals surface area contributed by atoms with Crippen LogP contribution in [0.25, 0.3) is 0 Å². The van der Waals surface area contributed by atoms with Crippen LogP contribution < -0.4 is 21.3 Å². The standard InChI is InChI=1S/C40H50N4S2/c45-39(43-37(33-23-13-9-14-24-33)34-25-15-10-16-26-34)41-31-21-7-5-3-1-2-4-6-8-22-32-42-40(46)44-38(35-27-17-11-18-28-35)36-29-19-12-20-30-36/h9-20,23-30,37-38H,1-8,21-22,31-32H2,(H2,41,43,45)(H2,42,44,46). The highest BCUT2D eigenvalue weighted by Gasteiger charge is 2.15. The van der Waals surface area contributed by atoms with E-state index in [-0.39, 0.29) is 12.1 Å². The van der Waals surface area contributed by atoms with Crippen molar-refractivity contribution in [3.8, 4) is 0 Å². The number of benzene rings is 4. The maximum atomic E-state index is 5.65. The van der Waals surface area contributed by atoms with Crippen molar-refractivity contribution < 1.29 is 0 Å². The van der Waals surface area contributed by atoms with Gasteiger partial charge in [0.25, 0.3) is 0 Å². The Morgan fingerprint density at radius 1 is 0.370 bits per heavy atom. The second-order valence-electron chi connectivity index (χ2n) is 11.8. The molecule has 0 aliphatic carbocycles. The monoisotopic (exact) mass is 650 g/mol. The van der Waals surface area contributed by atoms with Gasteiger partial charge in [0.2, 0.25) is 0 Å². The van der Waals surface area contributed by atoms with Crippen LogP contribution in [0.1, 0.15) is 98.5 Å². The van der Waals surface area contributed by atoms with Crippen molar-refractivity contribution in [2.45, 2.75) is 76.3 Å². The Balaban J connectivity index is 0.984. The van der Waals surface area contributed by atoms with Gasteiger partial charge in [-0.05, 0) is 59.5 Å². The number of hydrogen-bond donors (Lipinski definition) is 4. The molecule has 0 spiro atoms. The van der Waals surface area contributed by atoms with Crippen molar-refractivity contribution >= 4 is 34.7 Å². The van der Waals surface area contributed by atoms with Crippen LogP contribution in [0.2, 0.25) is 0 Å². The molecule has 0 saturated heterocycles. The molecular weight excluding hydrogens is 601 g/mol. The smallest absolute Gasteiger partial charge is 0.167 e. The lowest BCUT2D eigenvalue weighted by atomic mass is 9.99. The minimum absolute atomic E-state index is 0.0470.